The smallest absolute Gasteiger partial charge is 0.273 e. The largest absolute Gasteiger partial charge is 0.346 e. The molecule has 36 heavy (non-hydrogen) atoms. The number of nitrogens with one attached hydrogen (secondary N) is 2. The van der Waals surface area contributed by atoms with Crippen molar-refractivity contribution in [3.8, 4) is 0 Å². The molecule has 3 aromatic heterocycles. The summed E-state index contributed by atoms with van der Waals surface area (Å²) in [6.07, 6.45) is 6.19. The van der Waals surface area contributed by atoms with Crippen LogP contribution in [-0.2, 0) is 24.4 Å². The molecule has 4 heterocycles. The Labute approximate surface area is 206 Å². The van der Waals surface area contributed by atoms with Crippen molar-refractivity contribution >= 4 is 17.6 Å². The van der Waals surface area contributed by atoms with Crippen molar-refractivity contribution in [1.29, 1.82) is 0 Å². The number of carbonyl (C=O) groups excluding carboxylic acids is 2. The third-order valence-electron chi connectivity index (χ3n) is 5.64. The van der Waals surface area contributed by atoms with E-state index in [0.717, 1.165) is 24.1 Å². The molecule has 1 saturated heterocycles. The summed E-state index contributed by atoms with van der Waals surface area (Å²) in [6, 6.07) is 3.79. The lowest BCUT2D eigenvalue weighted by atomic mass is 10.2. The van der Waals surface area contributed by atoms with Gasteiger partial charge in [0.1, 0.15) is 0 Å². The molecule has 0 aromatic carbocycles. The SMILES string of the molecule is Cc1ccc(CNC(=O)c2cn(CCCCn3cc(NC(=O)CN4CCC(F)(F)C4)nn3)nn2)cn1. The molecule has 0 saturated carbocycles. The van der Waals surface area contributed by atoms with Gasteiger partial charge in [0.25, 0.3) is 11.8 Å². The molecule has 0 aliphatic carbocycles. The van der Waals surface area contributed by atoms with Crippen molar-refractivity contribution in [1.82, 2.24) is 45.2 Å². The minimum absolute atomic E-state index is 0.108. The van der Waals surface area contributed by atoms with Crippen LogP contribution in [0.4, 0.5) is 14.6 Å². The van der Waals surface area contributed by atoms with Gasteiger partial charge in [-0.3, -0.25) is 28.8 Å². The Kier molecular flexibility index (Phi) is 7.93. The quantitative estimate of drug-likeness (QED) is 0.374. The van der Waals surface area contributed by atoms with E-state index in [1.54, 1.807) is 28.0 Å². The lowest BCUT2D eigenvalue weighted by molar-refractivity contribution is -0.117. The van der Waals surface area contributed by atoms with E-state index in [1.165, 1.54) is 4.90 Å². The highest BCUT2D eigenvalue weighted by Crippen LogP contribution is 2.26. The zero-order valence-electron chi connectivity index (χ0n) is 19.9. The van der Waals surface area contributed by atoms with Crippen LogP contribution in [-0.4, -0.2) is 77.2 Å². The number of hydrogen-bond donors (Lipinski definition) is 2. The molecular formula is C22H28F2N10O2. The van der Waals surface area contributed by atoms with Gasteiger partial charge in [-0.2, -0.15) is 0 Å². The minimum atomic E-state index is -2.73. The van der Waals surface area contributed by atoms with Crippen LogP contribution in [0.5, 0.6) is 0 Å². The summed E-state index contributed by atoms with van der Waals surface area (Å²) in [7, 11) is 0. The van der Waals surface area contributed by atoms with E-state index in [0.29, 0.717) is 19.6 Å². The third-order valence-corrected chi connectivity index (χ3v) is 5.64. The molecule has 1 fully saturated rings. The lowest BCUT2D eigenvalue weighted by Crippen LogP contribution is -2.33. The second kappa shape index (κ2) is 11.3. The second-order valence-corrected chi connectivity index (χ2v) is 8.80. The Morgan fingerprint density at radius 3 is 2.53 bits per heavy atom. The van der Waals surface area contributed by atoms with Crippen LogP contribution < -0.4 is 10.6 Å². The maximum Gasteiger partial charge on any atom is 0.273 e. The van der Waals surface area contributed by atoms with Crippen molar-refractivity contribution < 1.29 is 18.4 Å². The molecule has 4 rings (SSSR count). The standard InChI is InChI=1S/C22H28F2N10O2/c1-16-4-5-17(10-25-16)11-26-21(36)18-12-33(30-28-18)7-2-3-8-34-13-19(29-31-34)27-20(35)14-32-9-6-22(23,24)15-32/h4-5,10,12-13H,2-3,6-9,11,14-15H2,1H3,(H,26,36)(H,27,35). The van der Waals surface area contributed by atoms with Crippen molar-refractivity contribution in [2.24, 2.45) is 0 Å². The monoisotopic (exact) mass is 502 g/mol. The van der Waals surface area contributed by atoms with Gasteiger partial charge in [0.05, 0.1) is 25.5 Å². The first-order valence-electron chi connectivity index (χ1n) is 11.7. The molecule has 0 bridgehead atoms. The Morgan fingerprint density at radius 1 is 1.08 bits per heavy atom. The number of halogens is 2. The number of rotatable bonds is 11. The lowest BCUT2D eigenvalue weighted by Gasteiger charge is -2.14. The van der Waals surface area contributed by atoms with E-state index in [1.807, 2.05) is 19.1 Å². The van der Waals surface area contributed by atoms with Crippen molar-refractivity contribution in [2.75, 3.05) is 25.0 Å². The average Bonchev–Trinajstić information content (AvgIpc) is 3.56. The zero-order valence-corrected chi connectivity index (χ0v) is 19.9. The van der Waals surface area contributed by atoms with Crippen molar-refractivity contribution in [3.63, 3.8) is 0 Å². The molecule has 12 nitrogen and oxygen atoms in total. The number of carbonyl (C=O) groups is 2. The molecule has 0 spiro atoms. The van der Waals surface area contributed by atoms with Gasteiger partial charge in [-0.25, -0.2) is 8.78 Å². The highest BCUT2D eigenvalue weighted by molar-refractivity contribution is 5.92. The molecule has 1 aliphatic heterocycles. The normalized spacial score (nSPS) is 15.2. The summed E-state index contributed by atoms with van der Waals surface area (Å²) in [5, 5.41) is 21.2. The second-order valence-electron chi connectivity index (χ2n) is 8.80. The first-order chi connectivity index (χ1) is 17.3. The highest BCUT2D eigenvalue weighted by atomic mass is 19.3. The van der Waals surface area contributed by atoms with Crippen molar-refractivity contribution in [3.05, 3.63) is 47.7 Å². The average molecular weight is 503 g/mol. The number of amides is 2. The number of aryl methyl sites for hydroxylation is 3. The fourth-order valence-electron chi connectivity index (χ4n) is 3.73. The van der Waals surface area contributed by atoms with Crippen LogP contribution in [0.2, 0.25) is 0 Å². The number of anilines is 1. The van der Waals surface area contributed by atoms with Gasteiger partial charge in [-0.1, -0.05) is 16.5 Å². The summed E-state index contributed by atoms with van der Waals surface area (Å²) in [6.45, 7) is 3.06. The van der Waals surface area contributed by atoms with E-state index in [9.17, 15) is 18.4 Å². The third kappa shape index (κ3) is 7.34. The van der Waals surface area contributed by atoms with Crippen LogP contribution in [0, 0.1) is 6.92 Å². The van der Waals surface area contributed by atoms with E-state index in [2.05, 4.69) is 36.2 Å². The summed E-state index contributed by atoms with van der Waals surface area (Å²) in [4.78, 5) is 30.0. The van der Waals surface area contributed by atoms with E-state index < -0.39 is 18.4 Å². The fraction of sp³-hybridized carbons (Fsp3) is 0.500. The summed E-state index contributed by atoms with van der Waals surface area (Å²) in [5.41, 5.74) is 2.05. The number of likely N-dealkylation sites (tertiary alicyclic amines) is 1. The molecule has 2 N–H and O–H groups in total. The Bertz CT molecular complexity index is 1180. The Morgan fingerprint density at radius 2 is 1.83 bits per heavy atom. The fourth-order valence-corrected chi connectivity index (χ4v) is 3.73. The topological polar surface area (TPSA) is 136 Å². The minimum Gasteiger partial charge on any atom is -0.346 e. The number of alkyl halides is 2. The summed E-state index contributed by atoms with van der Waals surface area (Å²) in [5.74, 6) is -3.17. The first kappa shape index (κ1) is 25.3. The number of nitrogens with zero attached hydrogens (tertiary/aromatic N) is 8. The molecule has 192 valence electrons. The highest BCUT2D eigenvalue weighted by Gasteiger charge is 2.38. The van der Waals surface area contributed by atoms with E-state index in [4.69, 9.17) is 0 Å². The van der Waals surface area contributed by atoms with Crippen LogP contribution in [0.15, 0.2) is 30.7 Å². The van der Waals surface area contributed by atoms with Gasteiger partial charge in [-0.05, 0) is 31.4 Å². The number of unbranched alkanes of at least 4 members (excludes halogenated alkanes) is 1. The van der Waals surface area contributed by atoms with E-state index >= 15 is 0 Å². The van der Waals surface area contributed by atoms with Gasteiger partial charge in [0.15, 0.2) is 11.5 Å². The van der Waals surface area contributed by atoms with Gasteiger partial charge in [-0.15, -0.1) is 10.2 Å². The van der Waals surface area contributed by atoms with Gasteiger partial charge >= 0.3 is 0 Å². The molecule has 0 unspecified atom stereocenters. The molecule has 14 heteroatoms. The van der Waals surface area contributed by atoms with Gasteiger partial charge < -0.3 is 10.6 Å². The van der Waals surface area contributed by atoms with Crippen molar-refractivity contribution in [2.45, 2.75) is 51.7 Å². The first-order valence-corrected chi connectivity index (χ1v) is 11.7. The van der Waals surface area contributed by atoms with Crippen LogP contribution in [0.3, 0.4) is 0 Å². The van der Waals surface area contributed by atoms with E-state index in [-0.39, 0.29) is 36.9 Å². The molecular weight excluding hydrogens is 474 g/mol. The molecule has 0 atom stereocenters. The maximum atomic E-state index is 13.2. The molecule has 3 aromatic rings. The Balaban J connectivity index is 1.13. The maximum absolute atomic E-state index is 13.2. The van der Waals surface area contributed by atoms with Gasteiger partial charge in [0.2, 0.25) is 5.91 Å². The predicted molar refractivity (Wildman–Crippen MR) is 124 cm³/mol. The van der Waals surface area contributed by atoms with Crippen LogP contribution in [0.25, 0.3) is 0 Å². The molecule has 1 aliphatic rings. The predicted octanol–water partition coefficient (Wildman–Crippen LogP) is 1.26. The number of pyridine rings is 1. The number of aromatic nitrogens is 7. The van der Waals surface area contributed by atoms with Gasteiger partial charge in [0, 0.05) is 44.5 Å². The van der Waals surface area contributed by atoms with Crippen LogP contribution >= 0.6 is 0 Å². The summed E-state index contributed by atoms with van der Waals surface area (Å²) < 4.78 is 29.7. The summed E-state index contributed by atoms with van der Waals surface area (Å²) >= 11 is 0. The molecule has 0 radical (unpaired) electrons. The Hall–Kier alpha value is -3.81. The van der Waals surface area contributed by atoms with Crippen LogP contribution in [0.1, 0.15) is 41.0 Å². The zero-order chi connectivity index (χ0) is 25.5. The number of hydrogen-bond acceptors (Lipinski definition) is 8. The molecule has 2 amide bonds.